The Morgan fingerprint density at radius 2 is 0.842 bits per heavy atom. The topological polar surface area (TPSA) is 0 Å². The minimum atomic E-state index is 0.828. The molecular weight excluding hydrogens is 456 g/mol. The Balaban J connectivity index is 1.54. The van der Waals surface area contributed by atoms with E-state index < -0.39 is 0 Å². The van der Waals surface area contributed by atoms with Crippen LogP contribution in [0.1, 0.15) is 189 Å². The lowest BCUT2D eigenvalue weighted by Gasteiger charge is -2.40. The summed E-state index contributed by atoms with van der Waals surface area (Å²) in [6, 6.07) is 7.85. The second kappa shape index (κ2) is 13.5. The first-order valence-corrected chi connectivity index (χ1v) is 17.8. The molecule has 1 aromatic carbocycles. The van der Waals surface area contributed by atoms with E-state index >= 15 is 0 Å². The number of hydrogen-bond donors (Lipinski definition) is 0. The quantitative estimate of drug-likeness (QED) is 0.354. The van der Waals surface area contributed by atoms with Crippen LogP contribution in [0.5, 0.6) is 0 Å². The third-order valence-corrected chi connectivity index (χ3v) is 11.9. The van der Waals surface area contributed by atoms with Crippen molar-refractivity contribution >= 4 is 5.57 Å². The van der Waals surface area contributed by atoms with Gasteiger partial charge in [0, 0.05) is 0 Å². The summed E-state index contributed by atoms with van der Waals surface area (Å²) in [6.07, 6.45) is 36.8. The maximum absolute atomic E-state index is 2.69. The van der Waals surface area contributed by atoms with Crippen LogP contribution < -0.4 is 0 Å². The van der Waals surface area contributed by atoms with E-state index in [0.717, 1.165) is 29.6 Å². The molecule has 210 valence electrons. The summed E-state index contributed by atoms with van der Waals surface area (Å²) < 4.78 is 0. The van der Waals surface area contributed by atoms with Crippen LogP contribution in [0.4, 0.5) is 0 Å². The third kappa shape index (κ3) is 6.15. The maximum Gasteiger partial charge on any atom is -0.0153 e. The van der Waals surface area contributed by atoms with Gasteiger partial charge < -0.3 is 0 Å². The third-order valence-electron chi connectivity index (χ3n) is 11.9. The van der Waals surface area contributed by atoms with Crippen molar-refractivity contribution < 1.29 is 0 Å². The van der Waals surface area contributed by atoms with Gasteiger partial charge >= 0.3 is 0 Å². The molecule has 5 aliphatic carbocycles. The average Bonchev–Trinajstić information content (AvgIpc) is 3.01. The molecule has 0 aromatic heterocycles. The molecule has 0 bridgehead atoms. The van der Waals surface area contributed by atoms with Crippen LogP contribution in [0.25, 0.3) is 5.57 Å². The molecule has 0 heterocycles. The summed E-state index contributed by atoms with van der Waals surface area (Å²) in [5.41, 5.74) is 9.58. The van der Waals surface area contributed by atoms with Gasteiger partial charge in [0.05, 0.1) is 0 Å². The van der Waals surface area contributed by atoms with Gasteiger partial charge in [-0.2, -0.15) is 0 Å². The summed E-state index contributed by atoms with van der Waals surface area (Å²) in [6.45, 7) is 0. The molecule has 0 N–H and O–H groups in total. The van der Waals surface area contributed by atoms with E-state index in [2.05, 4.69) is 23.8 Å². The highest BCUT2D eigenvalue weighted by Gasteiger charge is 2.35. The second-order valence-corrected chi connectivity index (χ2v) is 14.4. The molecule has 5 fully saturated rings. The van der Waals surface area contributed by atoms with Gasteiger partial charge in [0.2, 0.25) is 0 Å². The van der Waals surface area contributed by atoms with Gasteiger partial charge in [-0.3, -0.25) is 0 Å². The van der Waals surface area contributed by atoms with Crippen molar-refractivity contribution in [3.8, 4) is 0 Å². The minimum absolute atomic E-state index is 0.828. The summed E-state index contributed by atoms with van der Waals surface area (Å²) in [7, 11) is 0. The molecule has 0 aliphatic heterocycles. The van der Waals surface area contributed by atoms with Crippen LogP contribution in [-0.4, -0.2) is 0 Å². The molecule has 0 nitrogen and oxygen atoms in total. The van der Waals surface area contributed by atoms with Gasteiger partial charge in [-0.25, -0.2) is 0 Å². The molecule has 0 radical (unpaired) electrons. The first kappa shape index (κ1) is 27.1. The zero-order valence-corrected chi connectivity index (χ0v) is 24.8. The fraction of sp³-hybridized carbons (Fsp3) is 0.789. The van der Waals surface area contributed by atoms with Crippen LogP contribution in [0.2, 0.25) is 0 Å². The second-order valence-electron chi connectivity index (χ2n) is 14.4. The number of hydrogen-bond acceptors (Lipinski definition) is 0. The van der Waals surface area contributed by atoms with Crippen LogP contribution in [0.15, 0.2) is 23.8 Å². The van der Waals surface area contributed by atoms with E-state index in [9.17, 15) is 0 Å². The molecule has 5 aliphatic rings. The van der Waals surface area contributed by atoms with E-state index in [4.69, 9.17) is 0 Å². The van der Waals surface area contributed by atoms with Gasteiger partial charge in [0.1, 0.15) is 0 Å². The van der Waals surface area contributed by atoms with Crippen LogP contribution in [0.3, 0.4) is 0 Å². The Bertz CT molecular complexity index is 870. The Kier molecular flexibility index (Phi) is 9.68. The predicted molar refractivity (Wildman–Crippen MR) is 165 cm³/mol. The Morgan fingerprint density at radius 1 is 0.421 bits per heavy atom. The zero-order chi connectivity index (χ0) is 25.6. The lowest BCUT2D eigenvalue weighted by atomic mass is 9.65. The lowest BCUT2D eigenvalue weighted by Crippen LogP contribution is -2.24. The standard InChI is InChI=1S/C38H58/c1-6-17-29(18-7-1)34-27-16-28-35(37(34)32-23-12-4-13-24-32)38(33-25-14-5-15-26-33)36(30-19-8-2-9-20-30)31-21-10-3-11-22-31/h16,27-33H,1-15,17-26H2. The minimum Gasteiger partial charge on any atom is -0.0614 e. The predicted octanol–water partition coefficient (Wildman–Crippen LogP) is 12.3. The van der Waals surface area contributed by atoms with Crippen molar-refractivity contribution in [1.82, 2.24) is 0 Å². The van der Waals surface area contributed by atoms with Gasteiger partial charge in [0.15, 0.2) is 0 Å². The van der Waals surface area contributed by atoms with Crippen LogP contribution in [-0.2, 0) is 0 Å². The molecule has 0 heteroatoms. The summed E-state index contributed by atoms with van der Waals surface area (Å²) in [5, 5.41) is 0. The number of allylic oxidation sites excluding steroid dienone is 2. The van der Waals surface area contributed by atoms with Gasteiger partial charge in [0.25, 0.3) is 0 Å². The molecule has 0 amide bonds. The highest BCUT2D eigenvalue weighted by Crippen LogP contribution is 2.51. The van der Waals surface area contributed by atoms with Gasteiger partial charge in [-0.1, -0.05) is 120 Å². The fourth-order valence-electron chi connectivity index (χ4n) is 10.0. The van der Waals surface area contributed by atoms with Crippen molar-refractivity contribution in [2.24, 2.45) is 17.8 Å². The molecular formula is C38H58. The summed E-state index contributed by atoms with van der Waals surface area (Å²) in [4.78, 5) is 0. The smallest absolute Gasteiger partial charge is 0.0153 e. The van der Waals surface area contributed by atoms with E-state index in [0.29, 0.717) is 0 Å². The van der Waals surface area contributed by atoms with E-state index in [1.54, 1.807) is 0 Å². The van der Waals surface area contributed by atoms with Gasteiger partial charge in [-0.15, -0.1) is 0 Å². The van der Waals surface area contributed by atoms with E-state index in [1.165, 1.54) is 161 Å². The van der Waals surface area contributed by atoms with Gasteiger partial charge in [-0.05, 0) is 116 Å². The number of rotatable bonds is 6. The Labute approximate surface area is 235 Å². The monoisotopic (exact) mass is 514 g/mol. The van der Waals surface area contributed by atoms with Crippen molar-refractivity contribution in [3.63, 3.8) is 0 Å². The van der Waals surface area contributed by atoms with Crippen molar-refractivity contribution in [2.45, 2.75) is 172 Å². The maximum atomic E-state index is 2.69. The fourth-order valence-corrected chi connectivity index (χ4v) is 10.0. The zero-order valence-electron chi connectivity index (χ0n) is 24.8. The van der Waals surface area contributed by atoms with Crippen molar-refractivity contribution in [2.75, 3.05) is 0 Å². The molecule has 5 saturated carbocycles. The highest BCUT2D eigenvalue weighted by atomic mass is 14.4. The molecule has 38 heavy (non-hydrogen) atoms. The highest BCUT2D eigenvalue weighted by molar-refractivity contribution is 5.75. The Morgan fingerprint density at radius 3 is 1.34 bits per heavy atom. The van der Waals surface area contributed by atoms with Crippen molar-refractivity contribution in [3.05, 3.63) is 40.5 Å². The summed E-state index contributed by atoms with van der Waals surface area (Å²) in [5.74, 6) is 4.28. The summed E-state index contributed by atoms with van der Waals surface area (Å²) >= 11 is 0. The molecule has 1 aromatic rings. The molecule has 6 rings (SSSR count). The molecule has 0 spiro atoms. The first-order valence-electron chi connectivity index (χ1n) is 17.8. The molecule has 0 saturated heterocycles. The molecule has 0 unspecified atom stereocenters. The van der Waals surface area contributed by atoms with E-state index in [1.807, 2.05) is 22.3 Å². The van der Waals surface area contributed by atoms with Crippen molar-refractivity contribution in [1.29, 1.82) is 0 Å². The SMILES string of the molecule is c1cc(C(=C(C2CCCCC2)C2CCCCC2)C2CCCCC2)c(C2CCCCC2)c(C2CCCCC2)c1. The average molecular weight is 515 g/mol. The number of benzene rings is 1. The van der Waals surface area contributed by atoms with E-state index in [-0.39, 0.29) is 0 Å². The lowest BCUT2D eigenvalue weighted by molar-refractivity contribution is 0.322. The van der Waals surface area contributed by atoms with Crippen LogP contribution >= 0.6 is 0 Å². The normalized spacial score (nSPS) is 25.9. The first-order chi connectivity index (χ1) is 18.9. The van der Waals surface area contributed by atoms with Crippen LogP contribution in [0, 0.1) is 17.8 Å². The molecule has 0 atom stereocenters. The largest absolute Gasteiger partial charge is 0.0614 e. The Hall–Kier alpha value is -1.04.